The summed E-state index contributed by atoms with van der Waals surface area (Å²) >= 11 is 9.56. The zero-order chi connectivity index (χ0) is 58.8. The Bertz CT molecular complexity index is 2250. The van der Waals surface area contributed by atoms with Crippen LogP contribution in [0.15, 0.2) is 64.6 Å². The van der Waals surface area contributed by atoms with Crippen molar-refractivity contribution in [3.05, 3.63) is 64.6 Å². The van der Waals surface area contributed by atoms with Gasteiger partial charge in [-0.15, -0.1) is 68.0 Å². The summed E-state index contributed by atoms with van der Waals surface area (Å²) in [5.74, 6) is 10.8. The monoisotopic (exact) mass is 1220 g/mol. The Labute approximate surface area is 497 Å². The van der Waals surface area contributed by atoms with Crippen LogP contribution in [-0.4, -0.2) is 105 Å². The van der Waals surface area contributed by atoms with E-state index in [9.17, 15) is 0 Å². The minimum atomic E-state index is -0.253. The molecule has 6 aromatic heterocycles. The molecular formula is C58H92O15S6. The number of thiophene rings is 6. The van der Waals surface area contributed by atoms with Crippen LogP contribution in [0.2, 0.25) is 0 Å². The van der Waals surface area contributed by atoms with Crippen molar-refractivity contribution >= 4 is 68.0 Å². The van der Waals surface area contributed by atoms with Crippen molar-refractivity contribution in [3.63, 3.8) is 0 Å². The average Bonchev–Trinajstić information content (AvgIpc) is 4.41. The Morgan fingerprint density at radius 2 is 0.595 bits per heavy atom. The summed E-state index contributed by atoms with van der Waals surface area (Å²) in [5.41, 5.74) is 0. The molecule has 450 valence electrons. The van der Waals surface area contributed by atoms with Crippen LogP contribution in [0.25, 0.3) is 0 Å². The molecule has 0 aliphatic carbocycles. The highest BCUT2D eigenvalue weighted by molar-refractivity contribution is 7.09. The van der Waals surface area contributed by atoms with Crippen molar-refractivity contribution in [1.29, 1.82) is 0 Å². The van der Waals surface area contributed by atoms with Crippen LogP contribution in [0.4, 0.5) is 0 Å². The van der Waals surface area contributed by atoms with E-state index in [1.54, 1.807) is 89.4 Å². The fraction of sp³-hybridized carbons (Fsp3) is 0.586. The minimum absolute atomic E-state index is 0.0439. The summed E-state index contributed by atoms with van der Waals surface area (Å²) in [5, 5.41) is 23.4. The molecule has 12 rings (SSSR count). The summed E-state index contributed by atoms with van der Waals surface area (Å²) in [6.07, 6.45) is 1.85. The lowest BCUT2D eigenvalue weighted by Crippen LogP contribution is -2.29. The lowest BCUT2D eigenvalue weighted by molar-refractivity contribution is -0.0937. The second-order valence-corrected chi connectivity index (χ2v) is 19.6. The summed E-state index contributed by atoms with van der Waals surface area (Å²) in [4.78, 5) is 0. The molecule has 4 atom stereocenters. The van der Waals surface area contributed by atoms with Gasteiger partial charge in [-0.25, -0.2) is 0 Å². The van der Waals surface area contributed by atoms with Gasteiger partial charge in [0.05, 0.1) is 32.5 Å². The van der Waals surface area contributed by atoms with Gasteiger partial charge in [-0.3, -0.25) is 0 Å². The minimum Gasteiger partial charge on any atom is -0.489 e. The number of methoxy groups -OCH3 is 3. The highest BCUT2D eigenvalue weighted by Gasteiger charge is 2.22. The Balaban J connectivity index is 0.000000456. The summed E-state index contributed by atoms with van der Waals surface area (Å²) in [7, 11) is 4.91. The van der Waals surface area contributed by atoms with Gasteiger partial charge in [-0.05, 0) is 13.8 Å². The van der Waals surface area contributed by atoms with E-state index in [1.165, 1.54) is 0 Å². The van der Waals surface area contributed by atoms with Crippen molar-refractivity contribution < 1.29 is 71.1 Å². The third kappa shape index (κ3) is 26.4. The van der Waals surface area contributed by atoms with Gasteiger partial charge in [0.15, 0.2) is 75.6 Å². The highest BCUT2D eigenvalue weighted by Crippen LogP contribution is 2.38. The number of ether oxygens (including phenoxy) is 15. The lowest BCUT2D eigenvalue weighted by atomic mass is 10.2. The fourth-order valence-electron chi connectivity index (χ4n) is 6.04. The molecule has 6 aliphatic rings. The van der Waals surface area contributed by atoms with Gasteiger partial charge in [0.2, 0.25) is 12.6 Å². The first-order valence-electron chi connectivity index (χ1n) is 27.4. The molecule has 0 amide bonds. The zero-order valence-electron chi connectivity index (χ0n) is 50.0. The van der Waals surface area contributed by atoms with E-state index < -0.39 is 0 Å². The van der Waals surface area contributed by atoms with Crippen molar-refractivity contribution in [2.24, 2.45) is 5.92 Å². The molecule has 4 unspecified atom stereocenters. The van der Waals surface area contributed by atoms with Gasteiger partial charge in [0, 0.05) is 105 Å². The molecule has 15 nitrogen and oxygen atoms in total. The summed E-state index contributed by atoms with van der Waals surface area (Å²) < 4.78 is 80.6. The van der Waals surface area contributed by atoms with E-state index in [4.69, 9.17) is 71.1 Å². The Kier molecular flexibility index (Phi) is 41.7. The van der Waals surface area contributed by atoms with E-state index in [1.807, 2.05) is 155 Å². The normalized spacial score (nSPS) is 18.0. The van der Waals surface area contributed by atoms with Crippen LogP contribution in [-0.2, 0) is 14.2 Å². The quantitative estimate of drug-likeness (QED) is 0.166. The Hall–Kier alpha value is -4.32. The topological polar surface area (TPSA) is 138 Å². The first-order valence-corrected chi connectivity index (χ1v) is 33.1. The SMILES string of the molecule is CC.CC.CC.CC.CC.CC.CC1CCOc2cscc2O1.CC1COc2cscc2O1.CC1COc2cscc2OC1.COC1CCOc2cscc2O1.COC1COc2cscc2O1.COC1COc2cscc2OC1. The van der Waals surface area contributed by atoms with Crippen molar-refractivity contribution in [1.82, 2.24) is 0 Å². The van der Waals surface area contributed by atoms with Gasteiger partial charge in [0.1, 0.15) is 32.0 Å². The molecule has 0 saturated carbocycles. The fourth-order valence-corrected chi connectivity index (χ4v) is 10.1. The third-order valence-electron chi connectivity index (χ3n) is 9.73. The molecule has 0 N–H and O–H groups in total. The van der Waals surface area contributed by atoms with Gasteiger partial charge in [-0.1, -0.05) is 90.0 Å². The maximum absolute atomic E-state index is 5.58. The van der Waals surface area contributed by atoms with E-state index in [0.29, 0.717) is 39.0 Å². The van der Waals surface area contributed by atoms with Crippen LogP contribution < -0.4 is 56.8 Å². The highest BCUT2D eigenvalue weighted by atomic mass is 32.1. The second-order valence-electron chi connectivity index (χ2n) is 15.1. The van der Waals surface area contributed by atoms with Crippen LogP contribution in [0.5, 0.6) is 69.0 Å². The van der Waals surface area contributed by atoms with E-state index >= 15 is 0 Å². The molecule has 0 aromatic carbocycles. The molecular weight excluding hydrogens is 1130 g/mol. The Morgan fingerprint density at radius 1 is 0.304 bits per heavy atom. The predicted octanol–water partition coefficient (Wildman–Crippen LogP) is 17.4. The van der Waals surface area contributed by atoms with Crippen molar-refractivity contribution in [2.75, 3.05) is 74.2 Å². The van der Waals surface area contributed by atoms with Crippen molar-refractivity contribution in [3.8, 4) is 69.0 Å². The predicted molar refractivity (Wildman–Crippen MR) is 330 cm³/mol. The Morgan fingerprint density at radius 3 is 0.987 bits per heavy atom. The molecule has 0 radical (unpaired) electrons. The standard InChI is InChI=1S/2C8H10O3S.2C8H10O2S.C7H8O3S.C7H8O2S.6C2H6/c1-9-6-2-10-7-4-12-5-8(7)11-3-6;1-9-8-2-3-10-6-4-12-5-7(6)11-8;1-6-2-9-7-4-11-5-8(7)10-3-6;1-6-2-3-9-7-4-11-5-8(7)10-6;1-8-7-2-9-5-3-11-4-6(5)10-7;1-5-2-8-6-3-10-4-7(6)9-5;6*1-2/h4-6H,2-3H2,1H3;4-5,8H,2-3H2,1H3;2*4-6H,2-3H2,1H3;3-4,7H,2H2,1H3;3-5H,2H2,1H3;6*1-2H3. The van der Waals surface area contributed by atoms with Crippen LogP contribution in [0.1, 0.15) is 117 Å². The molecule has 0 bridgehead atoms. The van der Waals surface area contributed by atoms with Crippen LogP contribution in [0.3, 0.4) is 0 Å². The van der Waals surface area contributed by atoms with Crippen LogP contribution >= 0.6 is 68.0 Å². The lowest BCUT2D eigenvalue weighted by Gasteiger charge is -2.22. The smallest absolute Gasteiger partial charge is 0.234 e. The van der Waals surface area contributed by atoms with E-state index in [2.05, 4.69) is 13.8 Å². The molecule has 6 aromatic rings. The first-order chi connectivity index (χ1) is 38.8. The maximum atomic E-state index is 5.58. The number of hydrogen-bond acceptors (Lipinski definition) is 21. The molecule has 0 spiro atoms. The van der Waals surface area contributed by atoms with Crippen molar-refractivity contribution in [2.45, 2.75) is 148 Å². The second kappa shape index (κ2) is 45.3. The maximum Gasteiger partial charge on any atom is 0.234 e. The zero-order valence-corrected chi connectivity index (χ0v) is 54.9. The van der Waals surface area contributed by atoms with Gasteiger partial charge in [0.25, 0.3) is 0 Å². The van der Waals surface area contributed by atoms with Crippen LogP contribution in [0, 0.1) is 5.92 Å². The van der Waals surface area contributed by atoms with Gasteiger partial charge < -0.3 is 71.1 Å². The van der Waals surface area contributed by atoms with E-state index in [-0.39, 0.29) is 30.9 Å². The molecule has 0 saturated heterocycles. The molecule has 79 heavy (non-hydrogen) atoms. The summed E-state index contributed by atoms with van der Waals surface area (Å²) in [6, 6.07) is 0. The third-order valence-corrected chi connectivity index (χ3v) is 13.9. The molecule has 0 fully saturated rings. The van der Waals surface area contributed by atoms with Gasteiger partial charge >= 0.3 is 0 Å². The number of rotatable bonds is 3. The molecule has 6 aliphatic heterocycles. The number of fused-ring (bicyclic) bond motifs is 6. The molecule has 21 heteroatoms. The molecule has 12 heterocycles. The summed E-state index contributed by atoms with van der Waals surface area (Å²) in [6.45, 7) is 35.4. The van der Waals surface area contributed by atoms with E-state index in [0.717, 1.165) is 102 Å². The average molecular weight is 1220 g/mol. The van der Waals surface area contributed by atoms with Gasteiger partial charge in [-0.2, -0.15) is 0 Å². The number of hydrogen-bond donors (Lipinski definition) is 0. The largest absolute Gasteiger partial charge is 0.489 e. The first kappa shape index (κ1) is 72.7.